The predicted molar refractivity (Wildman–Crippen MR) is 91.0 cm³/mol. The highest BCUT2D eigenvalue weighted by atomic mass is 16.5. The number of hydrogen-bond acceptors (Lipinski definition) is 4. The van der Waals surface area contributed by atoms with Crippen LogP contribution in [0.4, 0.5) is 11.5 Å². The Morgan fingerprint density at radius 2 is 2.09 bits per heavy atom. The first-order valence-corrected chi connectivity index (χ1v) is 7.83. The zero-order valence-electron chi connectivity index (χ0n) is 13.5. The molecule has 3 rings (SSSR count). The van der Waals surface area contributed by atoms with Crippen LogP contribution in [0.15, 0.2) is 42.5 Å². The van der Waals surface area contributed by atoms with E-state index in [-0.39, 0.29) is 11.9 Å². The number of anilines is 2. The molecule has 1 unspecified atom stereocenters. The highest BCUT2D eigenvalue weighted by molar-refractivity contribution is 5.99. The highest BCUT2D eigenvalue weighted by Gasteiger charge is 2.30. The van der Waals surface area contributed by atoms with E-state index in [9.17, 15) is 4.79 Å². The van der Waals surface area contributed by atoms with E-state index < -0.39 is 0 Å². The Hall–Kier alpha value is -2.56. The molecule has 1 N–H and O–H groups in total. The quantitative estimate of drug-likeness (QED) is 0.943. The molecule has 1 amide bonds. The molecule has 120 valence electrons. The molecule has 0 aliphatic carbocycles. The molecular formula is C18H21N3O2. The summed E-state index contributed by atoms with van der Waals surface area (Å²) >= 11 is 0. The van der Waals surface area contributed by atoms with Crippen molar-refractivity contribution in [3.8, 4) is 5.75 Å². The van der Waals surface area contributed by atoms with Crippen molar-refractivity contribution in [3.05, 3.63) is 48.2 Å². The topological polar surface area (TPSA) is 54.5 Å². The number of ether oxygens (including phenoxy) is 1. The number of benzene rings is 1. The van der Waals surface area contributed by atoms with Crippen LogP contribution in [0.25, 0.3) is 0 Å². The zero-order chi connectivity index (χ0) is 16.2. The number of nitrogens with one attached hydrogen (secondary N) is 1. The SMILES string of the molecule is COc1cccc(N2CCCC(Nc3cccc(C)n3)C2=O)c1. The lowest BCUT2D eigenvalue weighted by Gasteiger charge is -2.33. The van der Waals surface area contributed by atoms with Crippen LogP contribution < -0.4 is 15.0 Å². The molecule has 2 aromatic rings. The molecule has 23 heavy (non-hydrogen) atoms. The average Bonchev–Trinajstić information content (AvgIpc) is 2.57. The van der Waals surface area contributed by atoms with Gasteiger partial charge in [-0.2, -0.15) is 0 Å². The third-order valence-electron chi connectivity index (χ3n) is 4.01. The van der Waals surface area contributed by atoms with E-state index in [0.717, 1.165) is 42.3 Å². The minimum Gasteiger partial charge on any atom is -0.497 e. The van der Waals surface area contributed by atoms with E-state index in [2.05, 4.69) is 10.3 Å². The van der Waals surface area contributed by atoms with Gasteiger partial charge in [-0.3, -0.25) is 4.79 Å². The lowest BCUT2D eigenvalue weighted by molar-refractivity contribution is -0.120. The first-order valence-electron chi connectivity index (χ1n) is 7.83. The maximum Gasteiger partial charge on any atom is 0.249 e. The molecule has 1 fully saturated rings. The molecule has 0 saturated carbocycles. The van der Waals surface area contributed by atoms with Crippen LogP contribution in [0, 0.1) is 6.92 Å². The maximum atomic E-state index is 12.8. The monoisotopic (exact) mass is 311 g/mol. The van der Waals surface area contributed by atoms with Gasteiger partial charge >= 0.3 is 0 Å². The number of carbonyl (C=O) groups excluding carboxylic acids is 1. The van der Waals surface area contributed by atoms with Crippen LogP contribution in [-0.2, 0) is 4.79 Å². The molecule has 2 heterocycles. The van der Waals surface area contributed by atoms with Gasteiger partial charge < -0.3 is 15.0 Å². The Morgan fingerprint density at radius 3 is 2.87 bits per heavy atom. The molecule has 5 heteroatoms. The summed E-state index contributed by atoms with van der Waals surface area (Å²) in [7, 11) is 1.63. The number of pyridine rings is 1. The van der Waals surface area contributed by atoms with Crippen LogP contribution in [-0.4, -0.2) is 30.6 Å². The van der Waals surface area contributed by atoms with Gasteiger partial charge in [0.2, 0.25) is 5.91 Å². The van der Waals surface area contributed by atoms with Crippen molar-refractivity contribution < 1.29 is 9.53 Å². The predicted octanol–water partition coefficient (Wildman–Crippen LogP) is 3.01. The molecule has 1 aromatic heterocycles. The summed E-state index contributed by atoms with van der Waals surface area (Å²) in [5.41, 5.74) is 1.81. The second-order valence-electron chi connectivity index (χ2n) is 5.69. The summed E-state index contributed by atoms with van der Waals surface area (Å²) in [6.45, 7) is 2.67. The molecule has 1 aromatic carbocycles. The van der Waals surface area contributed by atoms with E-state index >= 15 is 0 Å². The first-order chi connectivity index (χ1) is 11.2. The fourth-order valence-corrected chi connectivity index (χ4v) is 2.85. The highest BCUT2D eigenvalue weighted by Crippen LogP contribution is 2.26. The van der Waals surface area contributed by atoms with Gasteiger partial charge in [0.05, 0.1) is 7.11 Å². The van der Waals surface area contributed by atoms with Crippen molar-refractivity contribution in [2.45, 2.75) is 25.8 Å². The van der Waals surface area contributed by atoms with Gasteiger partial charge in [0.25, 0.3) is 0 Å². The van der Waals surface area contributed by atoms with Gasteiger partial charge in [-0.25, -0.2) is 4.98 Å². The van der Waals surface area contributed by atoms with Crippen molar-refractivity contribution in [2.24, 2.45) is 0 Å². The molecule has 1 aliphatic heterocycles. The standard InChI is InChI=1S/C18H21N3O2/c1-13-6-3-10-17(19-13)20-16-9-5-11-21(18(16)22)14-7-4-8-15(12-14)23-2/h3-4,6-8,10,12,16H,5,9,11H2,1-2H3,(H,19,20). The minimum atomic E-state index is -0.246. The Morgan fingerprint density at radius 1 is 1.26 bits per heavy atom. The maximum absolute atomic E-state index is 12.8. The number of piperidine rings is 1. The Balaban J connectivity index is 1.78. The van der Waals surface area contributed by atoms with Crippen molar-refractivity contribution >= 4 is 17.4 Å². The summed E-state index contributed by atoms with van der Waals surface area (Å²) in [5, 5.41) is 3.27. The van der Waals surface area contributed by atoms with Crippen LogP contribution in [0.1, 0.15) is 18.5 Å². The van der Waals surface area contributed by atoms with Crippen molar-refractivity contribution in [3.63, 3.8) is 0 Å². The Bertz CT molecular complexity index is 702. The average molecular weight is 311 g/mol. The number of aromatic nitrogens is 1. The summed E-state index contributed by atoms with van der Waals surface area (Å²) in [4.78, 5) is 19.1. The van der Waals surface area contributed by atoms with Gasteiger partial charge in [-0.15, -0.1) is 0 Å². The van der Waals surface area contributed by atoms with Crippen LogP contribution in [0.3, 0.4) is 0 Å². The fourth-order valence-electron chi connectivity index (χ4n) is 2.85. The molecule has 0 spiro atoms. The Kier molecular flexibility index (Phi) is 4.46. The lowest BCUT2D eigenvalue weighted by atomic mass is 10.0. The fraction of sp³-hybridized carbons (Fsp3) is 0.333. The third kappa shape index (κ3) is 3.44. The first kappa shape index (κ1) is 15.3. The number of hydrogen-bond donors (Lipinski definition) is 1. The minimum absolute atomic E-state index is 0.0767. The van der Waals surface area contributed by atoms with Crippen molar-refractivity contribution in [1.29, 1.82) is 0 Å². The summed E-state index contributed by atoms with van der Waals surface area (Å²) in [5.74, 6) is 1.58. The van der Waals surface area contributed by atoms with Crippen LogP contribution in [0.2, 0.25) is 0 Å². The Labute approximate surface area is 136 Å². The lowest BCUT2D eigenvalue weighted by Crippen LogP contribution is -2.47. The van der Waals surface area contributed by atoms with Gasteiger partial charge in [-0.05, 0) is 44.0 Å². The molecule has 0 radical (unpaired) electrons. The van der Waals surface area contributed by atoms with Gasteiger partial charge in [0.1, 0.15) is 17.6 Å². The summed E-state index contributed by atoms with van der Waals surface area (Å²) in [6.07, 6.45) is 1.77. The van der Waals surface area contributed by atoms with E-state index in [1.54, 1.807) is 7.11 Å². The number of carbonyl (C=O) groups is 1. The van der Waals surface area contributed by atoms with E-state index in [0.29, 0.717) is 0 Å². The molecular weight excluding hydrogens is 290 g/mol. The number of methoxy groups -OCH3 is 1. The van der Waals surface area contributed by atoms with Crippen LogP contribution in [0.5, 0.6) is 5.75 Å². The largest absolute Gasteiger partial charge is 0.497 e. The van der Waals surface area contributed by atoms with E-state index in [1.165, 1.54) is 0 Å². The second kappa shape index (κ2) is 6.69. The number of rotatable bonds is 4. The summed E-state index contributed by atoms with van der Waals surface area (Å²) < 4.78 is 5.25. The van der Waals surface area contributed by atoms with Crippen molar-refractivity contribution in [1.82, 2.24) is 4.98 Å². The van der Waals surface area contributed by atoms with Crippen molar-refractivity contribution in [2.75, 3.05) is 23.9 Å². The van der Waals surface area contributed by atoms with E-state index in [1.807, 2.05) is 54.3 Å². The molecule has 1 atom stereocenters. The molecule has 1 aliphatic rings. The van der Waals surface area contributed by atoms with Gasteiger partial charge in [-0.1, -0.05) is 12.1 Å². The smallest absolute Gasteiger partial charge is 0.249 e. The number of amides is 1. The van der Waals surface area contributed by atoms with Gasteiger partial charge in [0.15, 0.2) is 0 Å². The second-order valence-corrected chi connectivity index (χ2v) is 5.69. The molecule has 5 nitrogen and oxygen atoms in total. The van der Waals surface area contributed by atoms with E-state index in [4.69, 9.17) is 4.74 Å². The summed E-state index contributed by atoms with van der Waals surface area (Å²) in [6, 6.07) is 13.1. The number of aryl methyl sites for hydroxylation is 1. The number of nitrogens with zero attached hydrogens (tertiary/aromatic N) is 2. The van der Waals surface area contributed by atoms with Crippen LogP contribution >= 0.6 is 0 Å². The molecule has 0 bridgehead atoms. The van der Waals surface area contributed by atoms with Gasteiger partial charge in [0, 0.05) is 24.0 Å². The third-order valence-corrected chi connectivity index (χ3v) is 4.01. The molecule has 1 saturated heterocycles. The normalized spacial score (nSPS) is 17.9. The zero-order valence-corrected chi connectivity index (χ0v) is 13.5.